The number of carbonyl (C=O) groups excluding carboxylic acids is 2. The molecule has 2 aromatic heterocycles. The van der Waals surface area contributed by atoms with Crippen molar-refractivity contribution in [2.45, 2.75) is 45.6 Å². The van der Waals surface area contributed by atoms with Crippen LogP contribution in [0.3, 0.4) is 0 Å². The first-order valence-corrected chi connectivity index (χ1v) is 9.41. The summed E-state index contributed by atoms with van der Waals surface area (Å²) in [5, 5.41) is 10.4. The van der Waals surface area contributed by atoms with Gasteiger partial charge in [0.05, 0.1) is 16.6 Å². The summed E-state index contributed by atoms with van der Waals surface area (Å²) in [6.45, 7) is 5.78. The molecular weight excluding hydrogens is 356 g/mol. The molecule has 2 amide bonds. The number of nitrogens with zero attached hydrogens (tertiary/aromatic N) is 2. The molecule has 1 aliphatic rings. The Hall–Kier alpha value is -3.22. The van der Waals surface area contributed by atoms with Crippen LogP contribution in [0, 0.1) is 6.92 Å². The van der Waals surface area contributed by atoms with Crippen molar-refractivity contribution in [3.63, 3.8) is 0 Å². The molecule has 7 heteroatoms. The number of aromatic nitrogens is 2. The van der Waals surface area contributed by atoms with Gasteiger partial charge in [-0.1, -0.05) is 25.1 Å². The van der Waals surface area contributed by atoms with Crippen LogP contribution in [-0.4, -0.2) is 28.0 Å². The summed E-state index contributed by atoms with van der Waals surface area (Å²) < 4.78 is 5.28. The Kier molecular flexibility index (Phi) is 4.58. The van der Waals surface area contributed by atoms with Gasteiger partial charge in [-0.05, 0) is 49.9 Å². The smallest absolute Gasteiger partial charge is 0.259 e. The minimum atomic E-state index is -0.291. The second-order valence-electron chi connectivity index (χ2n) is 7.48. The second kappa shape index (κ2) is 7.07. The average molecular weight is 378 g/mol. The van der Waals surface area contributed by atoms with Crippen molar-refractivity contribution in [2.75, 3.05) is 5.32 Å². The first-order valence-electron chi connectivity index (χ1n) is 9.41. The third-order valence-electron chi connectivity index (χ3n) is 4.77. The first kappa shape index (κ1) is 18.2. The molecule has 0 radical (unpaired) electrons. The van der Waals surface area contributed by atoms with Crippen LogP contribution >= 0.6 is 0 Å². The molecule has 1 saturated carbocycles. The van der Waals surface area contributed by atoms with Crippen LogP contribution in [0.4, 0.5) is 5.69 Å². The number of nitrogens with one attached hydrogen (secondary N) is 2. The van der Waals surface area contributed by atoms with Gasteiger partial charge in [-0.15, -0.1) is 0 Å². The van der Waals surface area contributed by atoms with E-state index in [-0.39, 0.29) is 23.8 Å². The van der Waals surface area contributed by atoms with E-state index in [4.69, 9.17) is 4.52 Å². The number of hydrogen-bond donors (Lipinski definition) is 2. The van der Waals surface area contributed by atoms with Crippen molar-refractivity contribution < 1.29 is 14.1 Å². The van der Waals surface area contributed by atoms with Crippen molar-refractivity contribution in [3.8, 4) is 0 Å². The zero-order valence-electron chi connectivity index (χ0n) is 16.1. The maximum Gasteiger partial charge on any atom is 0.259 e. The third kappa shape index (κ3) is 3.60. The Morgan fingerprint density at radius 3 is 2.68 bits per heavy atom. The van der Waals surface area contributed by atoms with Crippen LogP contribution in [-0.2, 0) is 0 Å². The molecule has 0 spiro atoms. The average Bonchev–Trinajstić information content (AvgIpc) is 3.41. The van der Waals surface area contributed by atoms with E-state index in [2.05, 4.69) is 20.8 Å². The largest absolute Gasteiger partial charge is 0.349 e. The van der Waals surface area contributed by atoms with Crippen LogP contribution < -0.4 is 10.6 Å². The summed E-state index contributed by atoms with van der Waals surface area (Å²) in [6.07, 6.45) is 2.05. The van der Waals surface area contributed by atoms with E-state index in [1.807, 2.05) is 13.8 Å². The normalized spacial score (nSPS) is 13.7. The predicted octanol–water partition coefficient (Wildman–Crippen LogP) is 3.80. The Labute approximate surface area is 162 Å². The number of aryl methyl sites for hydroxylation is 1. The highest BCUT2D eigenvalue weighted by atomic mass is 16.5. The van der Waals surface area contributed by atoms with Gasteiger partial charge in [0.25, 0.3) is 17.5 Å². The molecule has 0 saturated heterocycles. The van der Waals surface area contributed by atoms with Gasteiger partial charge >= 0.3 is 0 Å². The number of rotatable bonds is 5. The summed E-state index contributed by atoms with van der Waals surface area (Å²) in [6, 6.07) is 8.98. The van der Waals surface area contributed by atoms with Crippen molar-refractivity contribution in [1.82, 2.24) is 15.5 Å². The number of benzene rings is 1. The van der Waals surface area contributed by atoms with Gasteiger partial charge in [0.2, 0.25) is 0 Å². The maximum absolute atomic E-state index is 13.0. The van der Waals surface area contributed by atoms with Crippen molar-refractivity contribution in [1.29, 1.82) is 0 Å². The van der Waals surface area contributed by atoms with E-state index in [0.29, 0.717) is 33.6 Å². The lowest BCUT2D eigenvalue weighted by molar-refractivity contribution is 0.0949. The van der Waals surface area contributed by atoms with Crippen molar-refractivity contribution in [3.05, 3.63) is 52.8 Å². The molecule has 0 bridgehead atoms. The highest BCUT2D eigenvalue weighted by Crippen LogP contribution is 2.26. The maximum atomic E-state index is 13.0. The fourth-order valence-electron chi connectivity index (χ4n) is 3.02. The van der Waals surface area contributed by atoms with Crippen LogP contribution in [0.2, 0.25) is 0 Å². The lowest BCUT2D eigenvalue weighted by atomic mass is 10.0. The molecule has 28 heavy (non-hydrogen) atoms. The topological polar surface area (TPSA) is 97.1 Å². The molecule has 7 nitrogen and oxygen atoms in total. The van der Waals surface area contributed by atoms with Gasteiger partial charge in [-0.3, -0.25) is 9.59 Å². The van der Waals surface area contributed by atoms with E-state index in [0.717, 1.165) is 18.5 Å². The Morgan fingerprint density at radius 2 is 1.96 bits per heavy atom. The summed E-state index contributed by atoms with van der Waals surface area (Å²) in [5.41, 5.74) is 3.26. The highest BCUT2D eigenvalue weighted by molar-refractivity contribution is 6.12. The molecule has 2 N–H and O–H groups in total. The molecule has 3 aromatic rings. The molecule has 144 valence electrons. The molecule has 1 aliphatic carbocycles. The van der Waals surface area contributed by atoms with Gasteiger partial charge < -0.3 is 15.2 Å². The van der Waals surface area contributed by atoms with E-state index in [9.17, 15) is 9.59 Å². The zero-order chi connectivity index (χ0) is 19.8. The second-order valence-corrected chi connectivity index (χ2v) is 7.48. The van der Waals surface area contributed by atoms with Gasteiger partial charge in [-0.2, -0.15) is 0 Å². The van der Waals surface area contributed by atoms with Gasteiger partial charge in [0.1, 0.15) is 0 Å². The van der Waals surface area contributed by atoms with Gasteiger partial charge in [-0.25, -0.2) is 4.98 Å². The fourth-order valence-corrected chi connectivity index (χ4v) is 3.02. The highest BCUT2D eigenvalue weighted by Gasteiger charge is 2.24. The summed E-state index contributed by atoms with van der Waals surface area (Å²) >= 11 is 0. The molecule has 4 rings (SSSR count). The van der Waals surface area contributed by atoms with E-state index < -0.39 is 0 Å². The first-order chi connectivity index (χ1) is 13.4. The van der Waals surface area contributed by atoms with Crippen molar-refractivity contribution >= 4 is 28.6 Å². The molecule has 1 fully saturated rings. The summed E-state index contributed by atoms with van der Waals surface area (Å²) in [5.74, 6) is -0.280. The quantitative estimate of drug-likeness (QED) is 0.704. The molecule has 0 aliphatic heterocycles. The number of pyridine rings is 1. The molecule has 1 aromatic carbocycles. The Morgan fingerprint density at radius 1 is 1.18 bits per heavy atom. The lowest BCUT2D eigenvalue weighted by Crippen LogP contribution is -2.25. The van der Waals surface area contributed by atoms with Crippen LogP contribution in [0.1, 0.15) is 64.7 Å². The van der Waals surface area contributed by atoms with Gasteiger partial charge in [0.15, 0.2) is 0 Å². The van der Waals surface area contributed by atoms with Crippen LogP contribution in [0.15, 0.2) is 34.9 Å². The summed E-state index contributed by atoms with van der Waals surface area (Å²) in [4.78, 5) is 29.7. The Balaban J connectivity index is 1.63. The molecular formula is C21H22N4O3. The van der Waals surface area contributed by atoms with Crippen LogP contribution in [0.5, 0.6) is 0 Å². The molecule has 0 atom stereocenters. The van der Waals surface area contributed by atoms with Crippen LogP contribution in [0.25, 0.3) is 11.1 Å². The lowest BCUT2D eigenvalue weighted by Gasteiger charge is -2.11. The predicted molar refractivity (Wildman–Crippen MR) is 106 cm³/mol. The number of hydrogen-bond acceptors (Lipinski definition) is 5. The SMILES string of the molecule is Cc1noc2nc(C(C)C)cc(C(=O)Nc3cccc(C(=O)NC4CC4)c3)c12. The standard InChI is InChI=1S/C21H22N4O3/c1-11(2)17-10-16(18-12(3)25-28-21(18)24-17)20(27)23-15-6-4-5-13(9-15)19(26)22-14-7-8-14/h4-6,9-11,14H,7-8H2,1-3H3,(H,22,26)(H,23,27). The van der Waals surface area contributed by atoms with Crippen molar-refractivity contribution in [2.24, 2.45) is 0 Å². The van der Waals surface area contributed by atoms with E-state index in [1.165, 1.54) is 0 Å². The van der Waals surface area contributed by atoms with Gasteiger partial charge in [0, 0.05) is 23.0 Å². The zero-order valence-corrected chi connectivity index (χ0v) is 16.1. The number of anilines is 1. The third-order valence-corrected chi connectivity index (χ3v) is 4.77. The molecule has 2 heterocycles. The van der Waals surface area contributed by atoms with E-state index >= 15 is 0 Å². The fraction of sp³-hybridized carbons (Fsp3) is 0.333. The van der Waals surface area contributed by atoms with E-state index in [1.54, 1.807) is 37.3 Å². The monoisotopic (exact) mass is 378 g/mol. The number of fused-ring (bicyclic) bond motifs is 1. The number of amides is 2. The summed E-state index contributed by atoms with van der Waals surface area (Å²) in [7, 11) is 0. The Bertz CT molecular complexity index is 1070. The minimum Gasteiger partial charge on any atom is -0.349 e. The molecule has 0 unspecified atom stereocenters. The minimum absolute atomic E-state index is 0.123. The number of carbonyl (C=O) groups is 2.